The molecular weight excluding hydrogens is 449 g/mol. The molecule has 8 nitrogen and oxygen atoms in total. The number of rotatable bonds is 6. The van der Waals surface area contributed by atoms with Crippen LogP contribution < -0.4 is 15.5 Å². The van der Waals surface area contributed by atoms with Gasteiger partial charge in [-0.05, 0) is 49.7 Å². The molecule has 2 N–H and O–H groups in total. The van der Waals surface area contributed by atoms with Gasteiger partial charge in [-0.15, -0.1) is 0 Å². The van der Waals surface area contributed by atoms with Crippen molar-refractivity contribution in [3.05, 3.63) is 48.3 Å². The van der Waals surface area contributed by atoms with Crippen molar-refractivity contribution in [1.82, 2.24) is 10.3 Å². The van der Waals surface area contributed by atoms with Crippen LogP contribution in [0.25, 0.3) is 0 Å². The molecule has 172 valence electrons. The zero-order valence-electron chi connectivity index (χ0n) is 17.3. The lowest BCUT2D eigenvalue weighted by Crippen LogP contribution is -2.35. The monoisotopic (exact) mass is 470 g/mol. The molecule has 0 bridgehead atoms. The molecular formula is C20H21F3N4O4S. The molecule has 1 aromatic heterocycles. The third kappa shape index (κ3) is 4.27. The van der Waals surface area contributed by atoms with E-state index in [1.807, 2.05) is 13.8 Å². The summed E-state index contributed by atoms with van der Waals surface area (Å²) in [6, 6.07) is 3.53. The van der Waals surface area contributed by atoms with Gasteiger partial charge in [-0.2, -0.15) is 13.2 Å². The molecule has 32 heavy (non-hydrogen) atoms. The maximum absolute atomic E-state index is 13.0. The number of nitrogens with one attached hydrogen (secondary N) is 2. The normalized spacial score (nSPS) is 18.1. The van der Waals surface area contributed by atoms with Crippen LogP contribution in [0.15, 0.2) is 47.6 Å². The number of hydrogen-bond acceptors (Lipinski definition) is 6. The van der Waals surface area contributed by atoms with Crippen LogP contribution in [0.1, 0.15) is 32.3 Å². The molecule has 0 spiro atoms. The number of amides is 3. The van der Waals surface area contributed by atoms with E-state index in [9.17, 15) is 31.2 Å². The minimum atomic E-state index is -5.54. The maximum atomic E-state index is 13.0. The Balaban J connectivity index is 1.87. The SMILES string of the molecule is CC(C)Nc1cnccc1C(C)C1NC(=O)N(c2ccc(S(=O)(=O)C(F)(F)F)cc2)C1=O. The van der Waals surface area contributed by atoms with Gasteiger partial charge in [0.1, 0.15) is 6.04 Å². The summed E-state index contributed by atoms with van der Waals surface area (Å²) in [5, 5.41) is 5.82. The highest BCUT2D eigenvalue weighted by Crippen LogP contribution is 2.34. The highest BCUT2D eigenvalue weighted by Gasteiger charge is 2.47. The van der Waals surface area contributed by atoms with E-state index in [1.54, 1.807) is 25.4 Å². The highest BCUT2D eigenvalue weighted by molar-refractivity contribution is 7.92. The summed E-state index contributed by atoms with van der Waals surface area (Å²) in [6.45, 7) is 5.63. The number of imide groups is 1. The topological polar surface area (TPSA) is 108 Å². The zero-order valence-corrected chi connectivity index (χ0v) is 18.2. The number of carbonyl (C=O) groups excluding carboxylic acids is 2. The average Bonchev–Trinajstić information content (AvgIpc) is 3.00. The number of urea groups is 1. The van der Waals surface area contributed by atoms with E-state index in [1.165, 1.54) is 0 Å². The standard InChI is InChI=1S/C20H21F3N4O4S/c1-11(2)25-16-10-24-9-8-15(16)12(3)17-18(28)27(19(29)26-17)13-4-6-14(7-5-13)32(30,31)20(21,22)23/h4-12,17,25H,1-3H3,(H,26,29). The van der Waals surface area contributed by atoms with Crippen molar-refractivity contribution < 1.29 is 31.2 Å². The van der Waals surface area contributed by atoms with Gasteiger partial charge in [0.15, 0.2) is 0 Å². The first-order chi connectivity index (χ1) is 14.8. The lowest BCUT2D eigenvalue weighted by molar-refractivity contribution is -0.118. The highest BCUT2D eigenvalue weighted by atomic mass is 32.2. The van der Waals surface area contributed by atoms with Crippen LogP contribution in [0.2, 0.25) is 0 Å². The fourth-order valence-electron chi connectivity index (χ4n) is 3.40. The molecule has 0 radical (unpaired) electrons. The molecule has 2 aromatic rings. The largest absolute Gasteiger partial charge is 0.501 e. The number of halogens is 3. The van der Waals surface area contributed by atoms with Crippen LogP contribution >= 0.6 is 0 Å². The molecule has 1 aliphatic heterocycles. The molecule has 1 fully saturated rings. The minimum Gasteiger partial charge on any atom is -0.381 e. The fraction of sp³-hybridized carbons (Fsp3) is 0.350. The Morgan fingerprint density at radius 2 is 1.72 bits per heavy atom. The van der Waals surface area contributed by atoms with Gasteiger partial charge in [-0.1, -0.05) is 6.92 Å². The molecule has 1 saturated heterocycles. The molecule has 0 aliphatic carbocycles. The van der Waals surface area contributed by atoms with E-state index in [0.717, 1.165) is 22.6 Å². The number of carbonyl (C=O) groups is 2. The second-order valence-electron chi connectivity index (χ2n) is 7.59. The summed E-state index contributed by atoms with van der Waals surface area (Å²) in [5.74, 6) is -1.06. The number of alkyl halides is 3. The van der Waals surface area contributed by atoms with Gasteiger partial charge in [0.05, 0.1) is 22.5 Å². The van der Waals surface area contributed by atoms with Crippen molar-refractivity contribution in [2.45, 2.75) is 49.2 Å². The molecule has 1 aromatic carbocycles. The van der Waals surface area contributed by atoms with Gasteiger partial charge in [0, 0.05) is 18.2 Å². The van der Waals surface area contributed by atoms with Crippen LogP contribution in [-0.2, 0) is 14.6 Å². The third-order valence-corrected chi connectivity index (χ3v) is 6.47. The van der Waals surface area contributed by atoms with E-state index in [0.29, 0.717) is 17.8 Å². The summed E-state index contributed by atoms with van der Waals surface area (Å²) < 4.78 is 61.2. The number of pyridine rings is 1. The Morgan fingerprint density at radius 3 is 2.28 bits per heavy atom. The zero-order chi connectivity index (χ0) is 23.8. The first-order valence-electron chi connectivity index (χ1n) is 9.61. The Morgan fingerprint density at radius 1 is 1.09 bits per heavy atom. The fourth-order valence-corrected chi connectivity index (χ4v) is 4.16. The number of aromatic nitrogens is 1. The maximum Gasteiger partial charge on any atom is 0.501 e. The van der Waals surface area contributed by atoms with Gasteiger partial charge in [-0.3, -0.25) is 9.78 Å². The molecule has 0 saturated carbocycles. The van der Waals surface area contributed by atoms with Crippen LogP contribution in [-0.4, -0.2) is 42.9 Å². The predicted octanol–water partition coefficient (Wildman–Crippen LogP) is 3.42. The van der Waals surface area contributed by atoms with Crippen molar-refractivity contribution in [3.8, 4) is 0 Å². The second kappa shape index (κ2) is 8.41. The molecule has 12 heteroatoms. The Hall–Kier alpha value is -3.15. The lowest BCUT2D eigenvalue weighted by atomic mass is 9.92. The first-order valence-corrected chi connectivity index (χ1v) is 11.1. The number of anilines is 2. The number of sulfone groups is 1. The van der Waals surface area contributed by atoms with Crippen LogP contribution in [0.5, 0.6) is 0 Å². The Bertz CT molecular complexity index is 1130. The van der Waals surface area contributed by atoms with Crippen LogP contribution in [0, 0.1) is 0 Å². The van der Waals surface area contributed by atoms with Crippen molar-refractivity contribution in [1.29, 1.82) is 0 Å². The summed E-state index contributed by atoms with van der Waals surface area (Å²) in [7, 11) is -5.54. The molecule has 2 heterocycles. The van der Waals surface area contributed by atoms with E-state index in [4.69, 9.17) is 0 Å². The molecule has 2 unspecified atom stereocenters. The summed E-state index contributed by atoms with van der Waals surface area (Å²) >= 11 is 0. The van der Waals surface area contributed by atoms with E-state index >= 15 is 0 Å². The summed E-state index contributed by atoms with van der Waals surface area (Å²) in [5.41, 5.74) is -4.04. The lowest BCUT2D eigenvalue weighted by Gasteiger charge is -2.22. The minimum absolute atomic E-state index is 0.0430. The van der Waals surface area contributed by atoms with Crippen molar-refractivity contribution in [3.63, 3.8) is 0 Å². The van der Waals surface area contributed by atoms with Crippen molar-refractivity contribution in [2.75, 3.05) is 10.2 Å². The van der Waals surface area contributed by atoms with E-state index in [-0.39, 0.29) is 11.7 Å². The van der Waals surface area contributed by atoms with Gasteiger partial charge in [0.25, 0.3) is 15.7 Å². The average molecular weight is 470 g/mol. The number of hydrogen-bond donors (Lipinski definition) is 2. The summed E-state index contributed by atoms with van der Waals surface area (Å²) in [6.07, 6.45) is 3.18. The smallest absolute Gasteiger partial charge is 0.381 e. The van der Waals surface area contributed by atoms with Crippen molar-refractivity contribution in [2.24, 2.45) is 0 Å². The van der Waals surface area contributed by atoms with E-state index < -0.39 is 44.1 Å². The number of benzene rings is 1. The molecule has 3 rings (SSSR count). The molecule has 2 atom stereocenters. The molecule has 3 amide bonds. The first kappa shape index (κ1) is 23.5. The van der Waals surface area contributed by atoms with Gasteiger partial charge < -0.3 is 10.6 Å². The van der Waals surface area contributed by atoms with Crippen LogP contribution in [0.4, 0.5) is 29.3 Å². The van der Waals surface area contributed by atoms with Gasteiger partial charge >= 0.3 is 11.5 Å². The predicted molar refractivity (Wildman–Crippen MR) is 111 cm³/mol. The van der Waals surface area contributed by atoms with Crippen LogP contribution in [0.3, 0.4) is 0 Å². The third-order valence-electron chi connectivity index (χ3n) is 4.97. The van der Waals surface area contributed by atoms with E-state index in [2.05, 4.69) is 15.6 Å². The van der Waals surface area contributed by atoms with Crippen molar-refractivity contribution >= 4 is 33.2 Å². The second-order valence-corrected chi connectivity index (χ2v) is 9.54. The quantitative estimate of drug-likeness (QED) is 0.627. The Labute approximate surface area is 182 Å². The van der Waals surface area contributed by atoms with Gasteiger partial charge in [0.2, 0.25) is 0 Å². The Kier molecular flexibility index (Phi) is 6.18. The number of nitrogens with zero attached hydrogens (tertiary/aromatic N) is 2. The summed E-state index contributed by atoms with van der Waals surface area (Å²) in [4.78, 5) is 29.4. The molecule has 1 aliphatic rings. The van der Waals surface area contributed by atoms with Gasteiger partial charge in [-0.25, -0.2) is 18.1 Å².